The summed E-state index contributed by atoms with van der Waals surface area (Å²) in [5.41, 5.74) is -0.398. The quantitative estimate of drug-likeness (QED) is 0.490. The second kappa shape index (κ2) is 6.17. The number of hydrogen-bond donors (Lipinski definition) is 0. The van der Waals surface area contributed by atoms with Crippen LogP contribution in [0.2, 0.25) is 0 Å². The van der Waals surface area contributed by atoms with Crippen molar-refractivity contribution < 1.29 is 14.1 Å². The number of nitro groups is 1. The highest BCUT2D eigenvalue weighted by Crippen LogP contribution is 2.22. The zero-order valence-corrected chi connectivity index (χ0v) is 11.5. The molecule has 0 aromatic heterocycles. The zero-order valence-electron chi connectivity index (χ0n) is 10.7. The van der Waals surface area contributed by atoms with Crippen LogP contribution in [0.3, 0.4) is 0 Å². The molecule has 1 aromatic carbocycles. The Morgan fingerprint density at radius 1 is 1.40 bits per heavy atom. The number of piperidine rings is 1. The predicted octanol–water partition coefficient (Wildman–Crippen LogP) is 2.82. The number of nitro benzene ring substituents is 1. The van der Waals surface area contributed by atoms with E-state index in [4.69, 9.17) is 11.6 Å². The Balaban J connectivity index is 2.15. The van der Waals surface area contributed by atoms with E-state index in [-0.39, 0.29) is 11.5 Å². The largest absolute Gasteiger partial charge is 0.339 e. The molecular weight excluding hydrogens is 287 g/mol. The number of alkyl halides is 1. The number of non-ortho nitro benzene ring substituents is 1. The van der Waals surface area contributed by atoms with E-state index >= 15 is 0 Å². The molecular formula is C13H14ClFN2O3. The van der Waals surface area contributed by atoms with Crippen molar-refractivity contribution in [2.75, 3.05) is 19.0 Å². The molecule has 1 aromatic rings. The lowest BCUT2D eigenvalue weighted by atomic mass is 9.98. The smallest absolute Gasteiger partial charge is 0.273 e. The van der Waals surface area contributed by atoms with Crippen LogP contribution in [-0.2, 0) is 0 Å². The summed E-state index contributed by atoms with van der Waals surface area (Å²) in [4.78, 5) is 23.8. The maximum absolute atomic E-state index is 13.3. The molecule has 0 atom stereocenters. The summed E-state index contributed by atoms with van der Waals surface area (Å²) < 4.78 is 13.3. The lowest BCUT2D eigenvalue weighted by Crippen LogP contribution is -2.38. The van der Waals surface area contributed by atoms with E-state index in [2.05, 4.69) is 0 Å². The van der Waals surface area contributed by atoms with Crippen LogP contribution >= 0.6 is 11.6 Å². The van der Waals surface area contributed by atoms with Crippen molar-refractivity contribution in [2.45, 2.75) is 12.8 Å². The molecule has 1 fully saturated rings. The Morgan fingerprint density at radius 3 is 2.60 bits per heavy atom. The lowest BCUT2D eigenvalue weighted by molar-refractivity contribution is -0.385. The van der Waals surface area contributed by atoms with Gasteiger partial charge in [-0.25, -0.2) is 4.39 Å². The van der Waals surface area contributed by atoms with Gasteiger partial charge in [-0.2, -0.15) is 0 Å². The van der Waals surface area contributed by atoms with Gasteiger partial charge in [0.1, 0.15) is 5.82 Å². The standard InChI is InChI=1S/C13H14ClFN2O3/c14-8-9-1-3-16(4-2-9)13(18)10-5-11(15)7-12(6-10)17(19)20/h5-7,9H,1-4,8H2. The Hall–Kier alpha value is -1.69. The van der Waals surface area contributed by atoms with Crippen molar-refractivity contribution in [1.29, 1.82) is 0 Å². The molecule has 0 radical (unpaired) electrons. The summed E-state index contributed by atoms with van der Waals surface area (Å²) in [6, 6.07) is 2.94. The fourth-order valence-corrected chi connectivity index (χ4v) is 2.58. The summed E-state index contributed by atoms with van der Waals surface area (Å²) in [5, 5.41) is 10.7. The molecule has 1 aliphatic heterocycles. The molecule has 0 N–H and O–H groups in total. The van der Waals surface area contributed by atoms with E-state index in [1.54, 1.807) is 4.90 Å². The van der Waals surface area contributed by atoms with Crippen molar-refractivity contribution in [2.24, 2.45) is 5.92 Å². The molecule has 5 nitrogen and oxygen atoms in total. The predicted molar refractivity (Wildman–Crippen MR) is 72.4 cm³/mol. The van der Waals surface area contributed by atoms with Gasteiger partial charge in [0, 0.05) is 30.6 Å². The number of rotatable bonds is 3. The Kier molecular flexibility index (Phi) is 4.54. The minimum Gasteiger partial charge on any atom is -0.339 e. The van der Waals surface area contributed by atoms with Crippen molar-refractivity contribution in [3.8, 4) is 0 Å². The van der Waals surface area contributed by atoms with Crippen LogP contribution in [0, 0.1) is 21.8 Å². The number of carbonyl (C=O) groups excluding carboxylic acids is 1. The first-order chi connectivity index (χ1) is 9.51. The fourth-order valence-electron chi connectivity index (χ4n) is 2.28. The number of carbonyl (C=O) groups is 1. The topological polar surface area (TPSA) is 63.4 Å². The summed E-state index contributed by atoms with van der Waals surface area (Å²) in [5.74, 6) is -0.200. The molecule has 2 rings (SSSR count). The molecule has 7 heteroatoms. The van der Waals surface area contributed by atoms with E-state index < -0.39 is 16.4 Å². The van der Waals surface area contributed by atoms with Crippen molar-refractivity contribution in [3.63, 3.8) is 0 Å². The second-order valence-electron chi connectivity index (χ2n) is 4.85. The fraction of sp³-hybridized carbons (Fsp3) is 0.462. The van der Waals surface area contributed by atoms with Gasteiger partial charge in [0.25, 0.3) is 11.6 Å². The number of hydrogen-bond acceptors (Lipinski definition) is 3. The number of amides is 1. The van der Waals surface area contributed by atoms with Crippen LogP contribution in [0.5, 0.6) is 0 Å². The maximum Gasteiger partial charge on any atom is 0.273 e. The zero-order chi connectivity index (χ0) is 14.7. The van der Waals surface area contributed by atoms with Crippen LogP contribution < -0.4 is 0 Å². The average Bonchev–Trinajstić information content (AvgIpc) is 2.46. The molecule has 108 valence electrons. The van der Waals surface area contributed by atoms with Gasteiger partial charge in [-0.1, -0.05) is 0 Å². The van der Waals surface area contributed by atoms with Gasteiger partial charge in [0.15, 0.2) is 0 Å². The summed E-state index contributed by atoms with van der Waals surface area (Å²) >= 11 is 5.77. The molecule has 0 bridgehead atoms. The normalized spacial score (nSPS) is 16.2. The van der Waals surface area contributed by atoms with Gasteiger partial charge < -0.3 is 4.90 Å². The molecule has 0 unspecified atom stereocenters. The molecule has 0 saturated carbocycles. The minimum atomic E-state index is -0.779. The van der Waals surface area contributed by atoms with E-state index in [1.165, 1.54) is 0 Å². The third kappa shape index (κ3) is 3.25. The summed E-state index contributed by atoms with van der Waals surface area (Å²) in [7, 11) is 0. The van der Waals surface area contributed by atoms with Crippen molar-refractivity contribution in [1.82, 2.24) is 4.90 Å². The number of likely N-dealkylation sites (tertiary alicyclic amines) is 1. The van der Waals surface area contributed by atoms with E-state index in [0.29, 0.717) is 24.9 Å². The lowest BCUT2D eigenvalue weighted by Gasteiger charge is -2.31. The van der Waals surface area contributed by atoms with Gasteiger partial charge >= 0.3 is 0 Å². The Labute approximate surface area is 120 Å². The molecule has 0 spiro atoms. The van der Waals surface area contributed by atoms with Crippen LogP contribution in [0.4, 0.5) is 10.1 Å². The third-order valence-corrected chi connectivity index (χ3v) is 3.90. The molecule has 1 aliphatic rings. The van der Waals surface area contributed by atoms with Crippen molar-refractivity contribution in [3.05, 3.63) is 39.7 Å². The van der Waals surface area contributed by atoms with Gasteiger partial charge in [-0.3, -0.25) is 14.9 Å². The average molecular weight is 301 g/mol. The third-order valence-electron chi connectivity index (χ3n) is 3.46. The molecule has 0 aliphatic carbocycles. The molecule has 1 saturated heterocycles. The van der Waals surface area contributed by atoms with Crippen LogP contribution in [0.1, 0.15) is 23.2 Å². The summed E-state index contributed by atoms with van der Waals surface area (Å²) in [6.45, 7) is 1.08. The van der Waals surface area contributed by atoms with Gasteiger partial charge in [-0.05, 0) is 24.8 Å². The SMILES string of the molecule is O=C(c1cc(F)cc([N+](=O)[O-])c1)N1CCC(CCl)CC1. The monoisotopic (exact) mass is 300 g/mol. The minimum absolute atomic E-state index is 0.0148. The maximum atomic E-state index is 13.3. The highest BCUT2D eigenvalue weighted by atomic mass is 35.5. The molecule has 20 heavy (non-hydrogen) atoms. The van der Waals surface area contributed by atoms with Gasteiger partial charge in [-0.15, -0.1) is 11.6 Å². The Bertz CT molecular complexity index is 530. The highest BCUT2D eigenvalue weighted by Gasteiger charge is 2.24. The molecule has 1 amide bonds. The van der Waals surface area contributed by atoms with Crippen LogP contribution in [0.15, 0.2) is 18.2 Å². The van der Waals surface area contributed by atoms with E-state index in [1.807, 2.05) is 0 Å². The van der Waals surface area contributed by atoms with Crippen LogP contribution in [-0.4, -0.2) is 34.7 Å². The summed E-state index contributed by atoms with van der Waals surface area (Å²) in [6.07, 6.45) is 1.60. The second-order valence-corrected chi connectivity index (χ2v) is 5.15. The van der Waals surface area contributed by atoms with E-state index in [9.17, 15) is 19.3 Å². The van der Waals surface area contributed by atoms with E-state index in [0.717, 1.165) is 31.0 Å². The van der Waals surface area contributed by atoms with Gasteiger partial charge in [0.2, 0.25) is 0 Å². The first kappa shape index (κ1) is 14.7. The van der Waals surface area contributed by atoms with Crippen LogP contribution in [0.25, 0.3) is 0 Å². The van der Waals surface area contributed by atoms with Gasteiger partial charge in [0.05, 0.1) is 11.0 Å². The molecule has 1 heterocycles. The van der Waals surface area contributed by atoms with Crippen molar-refractivity contribution >= 4 is 23.2 Å². The Morgan fingerprint density at radius 2 is 2.05 bits per heavy atom. The first-order valence-electron chi connectivity index (χ1n) is 6.31. The number of benzene rings is 1. The number of nitrogens with zero attached hydrogens (tertiary/aromatic N) is 2. The highest BCUT2D eigenvalue weighted by molar-refractivity contribution is 6.18. The first-order valence-corrected chi connectivity index (χ1v) is 6.85. The number of halogens is 2.